The molecule has 1 fully saturated rings. The summed E-state index contributed by atoms with van der Waals surface area (Å²) in [4.78, 5) is 14.9. The van der Waals surface area contributed by atoms with Crippen molar-refractivity contribution in [3.63, 3.8) is 0 Å². The average Bonchev–Trinajstić information content (AvgIpc) is 2.98. The molecule has 0 unspecified atom stereocenters. The number of nitrogens with zero attached hydrogens (tertiary/aromatic N) is 2. The molecule has 3 aromatic carbocycles. The molecule has 0 spiro atoms. The van der Waals surface area contributed by atoms with Gasteiger partial charge in [0.15, 0.2) is 0 Å². The van der Waals surface area contributed by atoms with Gasteiger partial charge in [-0.2, -0.15) is 26.3 Å². The molecule has 1 aliphatic rings. The summed E-state index contributed by atoms with van der Waals surface area (Å²) in [5.74, 6) is -1.75. The minimum atomic E-state index is -5.06. The maximum atomic E-state index is 13.7. The van der Waals surface area contributed by atoms with Crippen molar-refractivity contribution in [3.05, 3.63) is 88.5 Å². The summed E-state index contributed by atoms with van der Waals surface area (Å²) in [6.45, 7) is 3.82. The van der Waals surface area contributed by atoms with Crippen LogP contribution >= 0.6 is 0 Å². The van der Waals surface area contributed by atoms with E-state index < -0.39 is 54.0 Å². The molecule has 0 aromatic heterocycles. The molecule has 0 bridgehead atoms. The molecule has 3 aromatic rings. The fourth-order valence-electron chi connectivity index (χ4n) is 6.10. The second kappa shape index (κ2) is 14.6. The van der Waals surface area contributed by atoms with Gasteiger partial charge in [-0.15, -0.1) is 13.2 Å². The first-order valence-electron chi connectivity index (χ1n) is 15.3. The molecule has 0 aliphatic heterocycles. The zero-order valence-electron chi connectivity index (χ0n) is 26.1. The molecular weight excluding hydrogens is 655 g/mol. The number of alkyl halides is 9. The number of halogens is 9. The van der Waals surface area contributed by atoms with E-state index >= 15 is 0 Å². The summed E-state index contributed by atoms with van der Waals surface area (Å²) in [6.07, 6.45) is -12.9. The van der Waals surface area contributed by atoms with Crippen LogP contribution in [0.1, 0.15) is 60.4 Å². The first kappa shape index (κ1) is 36.7. The lowest BCUT2D eigenvalue weighted by atomic mass is 9.81. The molecule has 0 saturated heterocycles. The van der Waals surface area contributed by atoms with E-state index in [-0.39, 0.29) is 24.1 Å². The molecule has 5 nitrogen and oxygen atoms in total. The van der Waals surface area contributed by atoms with Gasteiger partial charge in [0, 0.05) is 37.6 Å². The van der Waals surface area contributed by atoms with Gasteiger partial charge >= 0.3 is 24.7 Å². The third kappa shape index (κ3) is 9.96. The number of carbonyl (C=O) groups is 1. The Kier molecular flexibility index (Phi) is 11.1. The van der Waals surface area contributed by atoms with Crippen LogP contribution < -0.4 is 14.5 Å². The van der Waals surface area contributed by atoms with Gasteiger partial charge in [0.2, 0.25) is 0 Å². The quantitative estimate of drug-likeness (QED) is 0.203. The zero-order chi connectivity index (χ0) is 35.4. The van der Waals surface area contributed by atoms with Crippen LogP contribution in [0.25, 0.3) is 0 Å². The smallest absolute Gasteiger partial charge is 0.481 e. The molecule has 4 rings (SSSR count). The maximum absolute atomic E-state index is 13.7. The standard InChI is InChI=1S/C34H35F9N2O3/c1-3-44(18-22-7-9-24(10-8-22)31(46)47)30-12-11-29(48-34(41,42)43)16-25(30)20-45(28-6-4-5-21(2)13-28)19-23-14-26(32(35,36)37)17-27(15-23)33(38,39)40/h4-6,11-17,22,24H,3,7-10,18-20H2,1-2H3,(H,46,47)/t22-,24-. The van der Waals surface area contributed by atoms with Crippen molar-refractivity contribution in [1.82, 2.24) is 0 Å². The lowest BCUT2D eigenvalue weighted by Crippen LogP contribution is -2.34. The predicted molar refractivity (Wildman–Crippen MR) is 162 cm³/mol. The molecule has 1 saturated carbocycles. The Morgan fingerprint density at radius 3 is 1.96 bits per heavy atom. The van der Waals surface area contributed by atoms with E-state index in [0.717, 1.165) is 11.6 Å². The van der Waals surface area contributed by atoms with E-state index in [1.54, 1.807) is 31.2 Å². The van der Waals surface area contributed by atoms with Crippen molar-refractivity contribution >= 4 is 17.3 Å². The maximum Gasteiger partial charge on any atom is 0.573 e. The number of aryl methyl sites for hydroxylation is 1. The van der Waals surface area contributed by atoms with Crippen LogP contribution in [0, 0.1) is 18.8 Å². The van der Waals surface area contributed by atoms with Gasteiger partial charge < -0.3 is 19.6 Å². The molecule has 14 heteroatoms. The largest absolute Gasteiger partial charge is 0.573 e. The zero-order valence-corrected chi connectivity index (χ0v) is 26.1. The monoisotopic (exact) mass is 690 g/mol. The number of rotatable bonds is 11. The van der Waals surface area contributed by atoms with Gasteiger partial charge in [-0.1, -0.05) is 12.1 Å². The third-order valence-corrected chi connectivity index (χ3v) is 8.43. The van der Waals surface area contributed by atoms with Gasteiger partial charge in [0.1, 0.15) is 5.75 Å². The third-order valence-electron chi connectivity index (χ3n) is 8.43. The lowest BCUT2D eigenvalue weighted by molar-refractivity contribution is -0.274. The minimum Gasteiger partial charge on any atom is -0.481 e. The van der Waals surface area contributed by atoms with Crippen molar-refractivity contribution in [2.75, 3.05) is 22.9 Å². The highest BCUT2D eigenvalue weighted by Gasteiger charge is 2.37. The van der Waals surface area contributed by atoms with Crippen molar-refractivity contribution in [1.29, 1.82) is 0 Å². The van der Waals surface area contributed by atoms with Gasteiger partial charge in [0.25, 0.3) is 0 Å². The Hall–Kier alpha value is -4.10. The van der Waals surface area contributed by atoms with Crippen molar-refractivity contribution < 1.29 is 54.2 Å². The molecule has 0 heterocycles. The first-order chi connectivity index (χ1) is 22.3. The highest BCUT2D eigenvalue weighted by atomic mass is 19.4. The van der Waals surface area contributed by atoms with Crippen molar-refractivity contribution in [2.24, 2.45) is 11.8 Å². The van der Waals surface area contributed by atoms with Gasteiger partial charge in [-0.3, -0.25) is 4.79 Å². The normalized spacial score (nSPS) is 17.2. The summed E-state index contributed by atoms with van der Waals surface area (Å²) in [7, 11) is 0. The summed E-state index contributed by atoms with van der Waals surface area (Å²) >= 11 is 0. The van der Waals surface area contributed by atoms with E-state index in [1.807, 2.05) is 11.8 Å². The van der Waals surface area contributed by atoms with Crippen molar-refractivity contribution in [2.45, 2.75) is 71.3 Å². The van der Waals surface area contributed by atoms with Crippen LogP contribution in [-0.2, 0) is 30.2 Å². The fraction of sp³-hybridized carbons (Fsp3) is 0.441. The van der Waals surface area contributed by atoms with E-state index in [4.69, 9.17) is 0 Å². The minimum absolute atomic E-state index is 0.0413. The van der Waals surface area contributed by atoms with Crippen LogP contribution in [0.3, 0.4) is 0 Å². The van der Waals surface area contributed by atoms with E-state index in [9.17, 15) is 49.4 Å². The highest BCUT2D eigenvalue weighted by Crippen LogP contribution is 2.38. The molecule has 0 atom stereocenters. The Balaban J connectivity index is 1.77. The number of carboxylic acids is 1. The number of hydrogen-bond donors (Lipinski definition) is 1. The second-order valence-electron chi connectivity index (χ2n) is 12.0. The van der Waals surface area contributed by atoms with Crippen LogP contribution in [0.2, 0.25) is 0 Å². The number of benzene rings is 3. The molecule has 1 N–H and O–H groups in total. The summed E-state index contributed by atoms with van der Waals surface area (Å²) in [6, 6.07) is 11.8. The molecule has 1 aliphatic carbocycles. The summed E-state index contributed by atoms with van der Waals surface area (Å²) in [5, 5.41) is 9.37. The molecule has 0 radical (unpaired) electrons. The molecule has 48 heavy (non-hydrogen) atoms. The van der Waals surface area contributed by atoms with Crippen LogP contribution in [0.15, 0.2) is 60.7 Å². The second-order valence-corrected chi connectivity index (χ2v) is 12.0. The predicted octanol–water partition coefficient (Wildman–Crippen LogP) is 9.86. The Morgan fingerprint density at radius 1 is 0.812 bits per heavy atom. The van der Waals surface area contributed by atoms with E-state index in [1.165, 1.54) is 17.0 Å². The Labute approximate surface area is 271 Å². The van der Waals surface area contributed by atoms with Gasteiger partial charge in [-0.25, -0.2) is 0 Å². The van der Waals surface area contributed by atoms with E-state index in [2.05, 4.69) is 4.74 Å². The summed E-state index contributed by atoms with van der Waals surface area (Å²) < 4.78 is 126. The fourth-order valence-corrected chi connectivity index (χ4v) is 6.10. The number of ether oxygens (including phenoxy) is 1. The average molecular weight is 691 g/mol. The number of carboxylic acid groups (broad SMARTS) is 1. The van der Waals surface area contributed by atoms with Gasteiger partial charge in [0.05, 0.1) is 17.0 Å². The van der Waals surface area contributed by atoms with E-state index in [0.29, 0.717) is 67.8 Å². The van der Waals surface area contributed by atoms with Crippen molar-refractivity contribution in [3.8, 4) is 5.75 Å². The number of anilines is 2. The van der Waals surface area contributed by atoms with Gasteiger partial charge in [-0.05, 0) is 111 Å². The molecule has 0 amide bonds. The highest BCUT2D eigenvalue weighted by molar-refractivity contribution is 5.70. The number of hydrogen-bond acceptors (Lipinski definition) is 4. The Bertz CT molecular complexity index is 1530. The van der Waals surface area contributed by atoms with Crippen LogP contribution in [0.5, 0.6) is 5.75 Å². The topological polar surface area (TPSA) is 53.0 Å². The molecular formula is C34H35F9N2O3. The van der Waals surface area contributed by atoms with Crippen LogP contribution in [0.4, 0.5) is 50.9 Å². The summed E-state index contributed by atoms with van der Waals surface area (Å²) in [5.41, 5.74) is -1.30. The lowest BCUT2D eigenvalue weighted by Gasteiger charge is -2.34. The SMILES string of the molecule is CCN(C[C@H]1CC[C@H](C(=O)O)CC1)c1ccc(OC(F)(F)F)cc1CN(Cc1cc(C(F)(F)F)cc(C(F)(F)F)c1)c1cccc(C)c1. The number of aliphatic carboxylic acids is 1. The Morgan fingerprint density at radius 2 is 1.44 bits per heavy atom. The molecule has 262 valence electrons. The van der Waals surface area contributed by atoms with Crippen LogP contribution in [-0.4, -0.2) is 30.5 Å². The first-order valence-corrected chi connectivity index (χ1v) is 15.3.